The number of nitrogens with one attached hydrogen (secondary N) is 2. The molecule has 2 aliphatic rings. The van der Waals surface area contributed by atoms with Gasteiger partial charge in [-0.25, -0.2) is 14.4 Å². The summed E-state index contributed by atoms with van der Waals surface area (Å²) in [6.45, 7) is 4.16. The Bertz CT molecular complexity index is 1330. The largest absolute Gasteiger partial charge is 0.392 e. The van der Waals surface area contributed by atoms with Crippen LogP contribution in [0.15, 0.2) is 18.3 Å². The molecule has 1 aromatic carbocycles. The number of anilines is 3. The predicted octanol–water partition coefficient (Wildman–Crippen LogP) is 5.58. The second kappa shape index (κ2) is 10.5. The molecule has 1 amide bonds. The van der Waals surface area contributed by atoms with Gasteiger partial charge in [-0.3, -0.25) is 9.36 Å². The number of fused-ring (bicyclic) bond motifs is 1. The molecule has 12 heteroatoms. The van der Waals surface area contributed by atoms with E-state index in [1.54, 1.807) is 6.20 Å². The minimum Gasteiger partial charge on any atom is -0.392 e. The molecular formula is C26H32Cl2FN7O2. The molecule has 9 nitrogen and oxygen atoms in total. The first-order valence-corrected chi connectivity index (χ1v) is 13.7. The van der Waals surface area contributed by atoms with Crippen LogP contribution >= 0.6 is 23.2 Å². The Kier molecular flexibility index (Phi) is 7.41. The molecule has 5 N–H and O–H groups in total. The Balaban J connectivity index is 1.49. The van der Waals surface area contributed by atoms with Crippen LogP contribution in [0.2, 0.25) is 10.0 Å². The first-order chi connectivity index (χ1) is 18.0. The van der Waals surface area contributed by atoms with Crippen molar-refractivity contribution in [3.63, 3.8) is 0 Å². The van der Waals surface area contributed by atoms with Crippen LogP contribution in [-0.2, 0) is 4.79 Å². The molecule has 3 aromatic rings. The number of rotatable bonds is 6. The van der Waals surface area contributed by atoms with E-state index >= 15 is 0 Å². The molecule has 5 rings (SSSR count). The molecule has 0 aliphatic heterocycles. The quantitative estimate of drug-likeness (QED) is 0.307. The summed E-state index contributed by atoms with van der Waals surface area (Å²) in [5.41, 5.74) is 6.95. The summed E-state index contributed by atoms with van der Waals surface area (Å²) in [7, 11) is 0. The van der Waals surface area contributed by atoms with E-state index in [0.29, 0.717) is 60.9 Å². The van der Waals surface area contributed by atoms with Crippen LogP contribution in [0.25, 0.3) is 11.2 Å². The van der Waals surface area contributed by atoms with Crippen molar-refractivity contribution in [1.29, 1.82) is 0 Å². The summed E-state index contributed by atoms with van der Waals surface area (Å²) in [4.78, 5) is 25.8. The third-order valence-corrected chi connectivity index (χ3v) is 8.62. The third-order valence-electron chi connectivity index (χ3n) is 8.02. The fraction of sp³-hybridized carbons (Fsp3) is 0.538. The van der Waals surface area contributed by atoms with Crippen LogP contribution in [0.3, 0.4) is 0 Å². The number of carbonyl (C=O) groups excluding carboxylic acids is 1. The van der Waals surface area contributed by atoms with Crippen molar-refractivity contribution in [3.8, 4) is 0 Å². The zero-order chi connectivity index (χ0) is 27.2. The first-order valence-electron chi connectivity index (χ1n) is 12.9. The maximum Gasteiger partial charge on any atom is 0.224 e. The van der Waals surface area contributed by atoms with Gasteiger partial charge in [0.05, 0.1) is 28.0 Å². The third kappa shape index (κ3) is 5.39. The van der Waals surface area contributed by atoms with E-state index in [0.717, 1.165) is 12.8 Å². The van der Waals surface area contributed by atoms with E-state index in [9.17, 15) is 14.3 Å². The van der Waals surface area contributed by atoms with Crippen molar-refractivity contribution in [2.75, 3.05) is 10.6 Å². The number of aliphatic hydroxyl groups is 1. The molecule has 2 aromatic heterocycles. The molecule has 0 bridgehead atoms. The fourth-order valence-electron chi connectivity index (χ4n) is 5.52. The number of amides is 1. The predicted molar refractivity (Wildman–Crippen MR) is 146 cm³/mol. The van der Waals surface area contributed by atoms with Crippen molar-refractivity contribution in [2.24, 2.45) is 17.1 Å². The highest BCUT2D eigenvalue weighted by molar-refractivity contribution is 6.39. The van der Waals surface area contributed by atoms with Crippen LogP contribution in [0, 0.1) is 17.2 Å². The van der Waals surface area contributed by atoms with E-state index < -0.39 is 11.9 Å². The standard InChI is InChI=1S/C26H32Cl2FN7O2/c1-26(2)8-7-15(11-20(26)37)32-24-31-12-19-23(35-24)36(16-5-3-13(4-6-16)22(30)38)25(33-19)34-21-17(27)9-14(29)10-18(21)28/h9-10,12-13,15-16,20,37H,3-8,11H2,1-2H3,(H2,30,38)(H,33,34)(H,31,32,35)/t13-,15-,16+,20-/m1/s1. The van der Waals surface area contributed by atoms with Gasteiger partial charge in [-0.05, 0) is 62.5 Å². The van der Waals surface area contributed by atoms with E-state index in [-0.39, 0.29) is 39.4 Å². The number of benzene rings is 1. The first kappa shape index (κ1) is 26.9. The van der Waals surface area contributed by atoms with Gasteiger partial charge in [-0.15, -0.1) is 0 Å². The molecule has 0 radical (unpaired) electrons. The van der Waals surface area contributed by atoms with Crippen molar-refractivity contribution >= 4 is 57.9 Å². The summed E-state index contributed by atoms with van der Waals surface area (Å²) in [5, 5.41) is 17.4. The summed E-state index contributed by atoms with van der Waals surface area (Å²) in [6.07, 6.45) is 6.36. The number of nitrogens with two attached hydrogens (primary N) is 1. The number of aromatic nitrogens is 4. The molecule has 38 heavy (non-hydrogen) atoms. The number of aliphatic hydroxyl groups excluding tert-OH is 1. The van der Waals surface area contributed by atoms with Gasteiger partial charge in [0.1, 0.15) is 11.3 Å². The summed E-state index contributed by atoms with van der Waals surface area (Å²) < 4.78 is 15.8. The number of hydrogen-bond donors (Lipinski definition) is 4. The van der Waals surface area contributed by atoms with E-state index in [2.05, 4.69) is 29.5 Å². The van der Waals surface area contributed by atoms with E-state index in [1.165, 1.54) is 12.1 Å². The average Bonchev–Trinajstić information content (AvgIpc) is 3.21. The Labute approximate surface area is 230 Å². The molecular weight excluding hydrogens is 532 g/mol. The topological polar surface area (TPSA) is 131 Å². The van der Waals surface area contributed by atoms with Crippen molar-refractivity contribution in [3.05, 3.63) is 34.2 Å². The van der Waals surface area contributed by atoms with Crippen LogP contribution in [-0.4, -0.2) is 42.7 Å². The summed E-state index contributed by atoms with van der Waals surface area (Å²) in [6, 6.07) is 2.40. The van der Waals surface area contributed by atoms with Gasteiger partial charge in [0, 0.05) is 18.0 Å². The Morgan fingerprint density at radius 1 is 1.16 bits per heavy atom. The second-order valence-corrected chi connectivity index (χ2v) is 11.9. The number of carbonyl (C=O) groups is 1. The lowest BCUT2D eigenvalue weighted by atomic mass is 9.73. The minimum atomic E-state index is -0.540. The smallest absolute Gasteiger partial charge is 0.224 e. The number of imidazole rings is 1. The molecule has 0 saturated heterocycles. The lowest BCUT2D eigenvalue weighted by Gasteiger charge is -2.39. The van der Waals surface area contributed by atoms with Gasteiger partial charge >= 0.3 is 0 Å². The van der Waals surface area contributed by atoms with Gasteiger partial charge in [-0.2, -0.15) is 4.98 Å². The number of halogens is 3. The minimum absolute atomic E-state index is 0.0175. The van der Waals surface area contributed by atoms with E-state index in [4.69, 9.17) is 38.9 Å². The van der Waals surface area contributed by atoms with Crippen molar-refractivity contribution in [2.45, 2.75) is 77.0 Å². The summed E-state index contributed by atoms with van der Waals surface area (Å²) in [5.74, 6) is -0.0901. The monoisotopic (exact) mass is 563 g/mol. The van der Waals surface area contributed by atoms with Crippen LogP contribution < -0.4 is 16.4 Å². The maximum atomic E-state index is 13.8. The SMILES string of the molecule is CC1(C)CC[C@@H](Nc2ncc3nc(Nc4c(Cl)cc(F)cc4Cl)n([C@H]4CC[C@@H](C(N)=O)CC4)c3n2)C[C@H]1O. The Morgan fingerprint density at radius 3 is 2.47 bits per heavy atom. The molecule has 2 aliphatic carbocycles. The van der Waals surface area contributed by atoms with Gasteiger partial charge in [0.2, 0.25) is 17.8 Å². The van der Waals surface area contributed by atoms with E-state index in [1.807, 2.05) is 4.57 Å². The lowest BCUT2D eigenvalue weighted by Crippen LogP contribution is -2.41. The second-order valence-electron chi connectivity index (χ2n) is 11.1. The van der Waals surface area contributed by atoms with Gasteiger partial charge < -0.3 is 21.5 Å². The van der Waals surface area contributed by atoms with Gasteiger partial charge in [-0.1, -0.05) is 37.0 Å². The van der Waals surface area contributed by atoms with Crippen LogP contribution in [0.5, 0.6) is 0 Å². The maximum absolute atomic E-state index is 13.8. The van der Waals surface area contributed by atoms with Gasteiger partial charge in [0.25, 0.3) is 0 Å². The molecule has 204 valence electrons. The molecule has 0 spiro atoms. The molecule has 2 fully saturated rings. The highest BCUT2D eigenvalue weighted by atomic mass is 35.5. The number of hydrogen-bond acceptors (Lipinski definition) is 7. The molecule has 2 saturated carbocycles. The highest BCUT2D eigenvalue weighted by Gasteiger charge is 2.35. The molecule has 0 unspecified atom stereocenters. The van der Waals surface area contributed by atoms with Crippen LogP contribution in [0.4, 0.5) is 22.0 Å². The normalized spacial score (nSPS) is 25.3. The molecule has 2 atom stereocenters. The lowest BCUT2D eigenvalue weighted by molar-refractivity contribution is -0.122. The summed E-state index contributed by atoms with van der Waals surface area (Å²) >= 11 is 12.6. The molecule has 2 heterocycles. The highest BCUT2D eigenvalue weighted by Crippen LogP contribution is 2.40. The average molecular weight is 564 g/mol. The fourth-order valence-corrected chi connectivity index (χ4v) is 6.07. The van der Waals surface area contributed by atoms with Crippen LogP contribution in [0.1, 0.15) is 64.8 Å². The van der Waals surface area contributed by atoms with Crippen molar-refractivity contribution in [1.82, 2.24) is 19.5 Å². The van der Waals surface area contributed by atoms with Gasteiger partial charge in [0.15, 0.2) is 5.65 Å². The Hall–Kier alpha value is -2.69. The zero-order valence-electron chi connectivity index (χ0n) is 21.3. The zero-order valence-corrected chi connectivity index (χ0v) is 22.9. The Morgan fingerprint density at radius 2 is 1.84 bits per heavy atom. The van der Waals surface area contributed by atoms with Crippen molar-refractivity contribution < 1.29 is 14.3 Å². The number of nitrogens with zero attached hydrogens (tertiary/aromatic N) is 4. The number of primary amides is 1.